The zero-order valence-electron chi connectivity index (χ0n) is 10.1. The lowest BCUT2D eigenvalue weighted by Crippen LogP contribution is -2.57. The van der Waals surface area contributed by atoms with Crippen LogP contribution in [0.1, 0.15) is 11.2 Å². The van der Waals surface area contributed by atoms with Crippen LogP contribution in [0.5, 0.6) is 0 Å². The van der Waals surface area contributed by atoms with E-state index in [1.165, 1.54) is 0 Å². The van der Waals surface area contributed by atoms with E-state index >= 15 is 0 Å². The third-order valence-corrected chi connectivity index (χ3v) is 3.79. The highest BCUT2D eigenvalue weighted by atomic mass is 32.1. The van der Waals surface area contributed by atoms with Crippen LogP contribution in [0.3, 0.4) is 0 Å². The van der Waals surface area contributed by atoms with Crippen molar-refractivity contribution in [1.29, 1.82) is 0 Å². The maximum Gasteiger partial charge on any atom is 0.445 e. The number of hydrogen-bond acceptors (Lipinski definition) is 8. The van der Waals surface area contributed by atoms with Crippen molar-refractivity contribution in [2.75, 3.05) is 6.61 Å². The Hall–Kier alpha value is -1.05. The Morgan fingerprint density at radius 3 is 2.33 bits per heavy atom. The topological polar surface area (TPSA) is 125 Å². The molecule has 1 unspecified atom stereocenters. The van der Waals surface area contributed by atoms with Gasteiger partial charge in [0, 0.05) is 0 Å². The number of aliphatic hydroxyl groups is 4. The summed E-state index contributed by atoms with van der Waals surface area (Å²) in [5, 5.41) is 39.4. The molecule has 8 nitrogen and oxygen atoms in total. The van der Waals surface area contributed by atoms with Crippen molar-refractivity contribution >= 4 is 11.3 Å². The molecule has 1 aromatic rings. The van der Waals surface area contributed by atoms with Gasteiger partial charge >= 0.3 is 11.0 Å². The fourth-order valence-corrected chi connectivity index (χ4v) is 2.50. The van der Waals surface area contributed by atoms with Crippen molar-refractivity contribution in [3.63, 3.8) is 0 Å². The molecule has 1 aliphatic heterocycles. The van der Waals surface area contributed by atoms with Gasteiger partial charge in [0.1, 0.15) is 24.4 Å². The number of halogens is 3. The molecule has 1 saturated heterocycles. The number of hydrogen-bond donors (Lipinski definition) is 4. The molecule has 0 saturated carbocycles. The quantitative estimate of drug-likeness (QED) is 0.508. The van der Waals surface area contributed by atoms with Gasteiger partial charge in [-0.25, -0.2) is 0 Å². The molecule has 2 heterocycles. The molecule has 0 aliphatic carbocycles. The predicted molar refractivity (Wildman–Crippen MR) is 60.4 cm³/mol. The summed E-state index contributed by atoms with van der Waals surface area (Å²) in [6.45, 7) is -0.771. The van der Waals surface area contributed by atoms with E-state index in [0.29, 0.717) is 0 Å². The van der Waals surface area contributed by atoms with Crippen LogP contribution in [0.4, 0.5) is 13.2 Å². The Balaban J connectivity index is 2.37. The summed E-state index contributed by atoms with van der Waals surface area (Å²) in [5.74, 6) is 0. The van der Waals surface area contributed by atoms with Gasteiger partial charge in [-0.3, -0.25) is 4.79 Å². The molecule has 120 valence electrons. The van der Waals surface area contributed by atoms with Crippen LogP contribution < -0.4 is 4.87 Å². The van der Waals surface area contributed by atoms with Gasteiger partial charge in [0.15, 0.2) is 6.23 Å². The highest BCUT2D eigenvalue weighted by Crippen LogP contribution is 2.32. The molecule has 4 N–H and O–H groups in total. The lowest BCUT2D eigenvalue weighted by atomic mass is 9.98. The molecule has 1 fully saturated rings. The van der Waals surface area contributed by atoms with Crippen LogP contribution in [0.2, 0.25) is 0 Å². The number of aliphatic hydroxyl groups excluding tert-OH is 4. The Morgan fingerprint density at radius 1 is 1.24 bits per heavy atom. The van der Waals surface area contributed by atoms with E-state index in [1.54, 1.807) is 0 Å². The van der Waals surface area contributed by atoms with Crippen LogP contribution in [0, 0.1) is 0 Å². The zero-order chi connectivity index (χ0) is 15.9. The van der Waals surface area contributed by atoms with Crippen molar-refractivity contribution in [1.82, 2.24) is 9.78 Å². The van der Waals surface area contributed by atoms with Gasteiger partial charge in [-0.15, -0.1) is 0 Å². The van der Waals surface area contributed by atoms with Crippen LogP contribution in [-0.4, -0.2) is 61.2 Å². The Bertz CT molecular complexity index is 558. The van der Waals surface area contributed by atoms with Crippen LogP contribution in [0.15, 0.2) is 4.79 Å². The second kappa shape index (κ2) is 5.62. The second-order valence-electron chi connectivity index (χ2n) is 4.33. The predicted octanol–water partition coefficient (Wildman–Crippen LogP) is -1.70. The number of alkyl halides is 3. The lowest BCUT2D eigenvalue weighted by molar-refractivity contribution is -0.254. The minimum atomic E-state index is -4.84. The molecule has 0 amide bonds. The number of rotatable bonds is 2. The Kier molecular flexibility index (Phi) is 4.37. The van der Waals surface area contributed by atoms with E-state index in [0.717, 1.165) is 0 Å². The molecule has 2 rings (SSSR count). The average Bonchev–Trinajstić information content (AvgIpc) is 2.79. The first-order chi connectivity index (χ1) is 9.66. The van der Waals surface area contributed by atoms with Crippen LogP contribution in [-0.2, 0) is 10.9 Å². The summed E-state index contributed by atoms with van der Waals surface area (Å²) in [6, 6.07) is 0. The highest BCUT2D eigenvalue weighted by molar-refractivity contribution is 7.09. The first-order valence-corrected chi connectivity index (χ1v) is 6.46. The smallest absolute Gasteiger partial charge is 0.394 e. The van der Waals surface area contributed by atoms with Gasteiger partial charge in [0.05, 0.1) is 6.61 Å². The third-order valence-electron chi connectivity index (χ3n) is 2.92. The molecule has 0 spiro atoms. The van der Waals surface area contributed by atoms with E-state index in [-0.39, 0.29) is 16.0 Å². The van der Waals surface area contributed by atoms with Gasteiger partial charge in [-0.05, 0) is 11.3 Å². The van der Waals surface area contributed by atoms with Gasteiger partial charge in [0.2, 0.25) is 5.01 Å². The van der Waals surface area contributed by atoms with Gasteiger partial charge in [0.25, 0.3) is 0 Å². The second-order valence-corrected chi connectivity index (χ2v) is 5.27. The number of nitrogens with zero attached hydrogens (tertiary/aromatic N) is 2. The molecule has 1 aliphatic rings. The van der Waals surface area contributed by atoms with Crippen molar-refractivity contribution in [2.24, 2.45) is 0 Å². The summed E-state index contributed by atoms with van der Waals surface area (Å²) >= 11 is -0.199. The lowest BCUT2D eigenvalue weighted by Gasteiger charge is -2.39. The molecule has 5 atom stereocenters. The highest BCUT2D eigenvalue weighted by Gasteiger charge is 2.46. The van der Waals surface area contributed by atoms with Crippen molar-refractivity contribution in [3.8, 4) is 0 Å². The minimum absolute atomic E-state index is 0.199. The molecule has 0 radical (unpaired) electrons. The maximum absolute atomic E-state index is 12.5. The largest absolute Gasteiger partial charge is 0.445 e. The first-order valence-electron chi connectivity index (χ1n) is 5.64. The summed E-state index contributed by atoms with van der Waals surface area (Å²) < 4.78 is 42.7. The number of ether oxygens (including phenoxy) is 1. The Morgan fingerprint density at radius 2 is 1.86 bits per heavy atom. The molecule has 0 aromatic carbocycles. The SMILES string of the molecule is O=c1sc(C(F)(F)F)nn1C1O[C@H](CO)[C@@H](O)[C@H](O)[C@H]1O. The maximum atomic E-state index is 12.5. The summed E-state index contributed by atoms with van der Waals surface area (Å²) in [7, 11) is 0. The van der Waals surface area contributed by atoms with Crippen LogP contribution >= 0.6 is 11.3 Å². The molecule has 12 heteroatoms. The van der Waals surface area contributed by atoms with E-state index in [4.69, 9.17) is 9.84 Å². The molecule has 1 aromatic heterocycles. The van der Waals surface area contributed by atoms with E-state index in [1.807, 2.05) is 0 Å². The van der Waals surface area contributed by atoms with Gasteiger partial charge in [-0.1, -0.05) is 0 Å². The van der Waals surface area contributed by atoms with E-state index in [9.17, 15) is 33.3 Å². The monoisotopic (exact) mass is 332 g/mol. The van der Waals surface area contributed by atoms with Crippen LogP contribution in [0.25, 0.3) is 0 Å². The van der Waals surface area contributed by atoms with E-state index in [2.05, 4.69) is 5.10 Å². The Labute approximate surface area is 118 Å². The first kappa shape index (κ1) is 16.3. The van der Waals surface area contributed by atoms with Crippen molar-refractivity contribution in [3.05, 3.63) is 14.7 Å². The van der Waals surface area contributed by atoms with Gasteiger partial charge < -0.3 is 25.2 Å². The molecular weight excluding hydrogens is 321 g/mol. The summed E-state index contributed by atoms with van der Waals surface area (Å²) in [4.78, 5) is 10.4. The van der Waals surface area contributed by atoms with Gasteiger partial charge in [-0.2, -0.15) is 23.0 Å². The standard InChI is InChI=1S/C9H11F3N2O6S/c10-9(11,12)7-13-14(8(19)21-7)6-5(18)4(17)3(16)2(1-15)20-6/h2-6,15-18H,1H2/t2-,3-,4+,5-,6?/m1/s1. The minimum Gasteiger partial charge on any atom is -0.394 e. The molecular formula is C9H11F3N2O6S. The fraction of sp³-hybridized carbons (Fsp3) is 0.778. The normalized spacial score (nSPS) is 34.1. The number of aromatic nitrogens is 2. The zero-order valence-corrected chi connectivity index (χ0v) is 11.0. The van der Waals surface area contributed by atoms with Crippen molar-refractivity contribution in [2.45, 2.75) is 36.8 Å². The fourth-order valence-electron chi connectivity index (χ4n) is 1.85. The summed E-state index contributed by atoms with van der Waals surface area (Å²) in [6.07, 6.45) is -13.3. The third kappa shape index (κ3) is 2.95. The molecule has 0 bridgehead atoms. The summed E-state index contributed by atoms with van der Waals surface area (Å²) in [5.41, 5.74) is 0. The average molecular weight is 332 g/mol. The molecule has 21 heavy (non-hydrogen) atoms. The van der Waals surface area contributed by atoms with E-state index < -0.39 is 53.3 Å². The van der Waals surface area contributed by atoms with Crippen molar-refractivity contribution < 1.29 is 38.3 Å².